The lowest BCUT2D eigenvalue weighted by molar-refractivity contribution is -0.128. The van der Waals surface area contributed by atoms with Crippen LogP contribution in [0, 0.1) is 5.82 Å². The number of hydrogen-bond donors (Lipinski definition) is 2. The largest absolute Gasteiger partial charge is 0.481 e. The van der Waals surface area contributed by atoms with Gasteiger partial charge in [-0.3, -0.25) is 20.4 Å². The highest BCUT2D eigenvalue weighted by Gasteiger charge is 2.23. The molecule has 0 saturated carbocycles. The van der Waals surface area contributed by atoms with Crippen LogP contribution in [0.3, 0.4) is 0 Å². The van der Waals surface area contributed by atoms with Crippen molar-refractivity contribution in [3.05, 3.63) is 84.1 Å². The lowest BCUT2D eigenvalue weighted by atomic mass is 10.3. The average molecular weight is 446 g/mol. The van der Waals surface area contributed by atoms with E-state index in [0.717, 1.165) is 0 Å². The molecule has 2 amide bonds. The first-order chi connectivity index (χ1) is 14.8. The minimum absolute atomic E-state index is 0.114. The van der Waals surface area contributed by atoms with Gasteiger partial charge in [0.05, 0.1) is 16.9 Å². The molecule has 3 rings (SSSR count). The van der Waals surface area contributed by atoms with Gasteiger partial charge in [-0.2, -0.15) is 0 Å². The van der Waals surface area contributed by atoms with Crippen LogP contribution in [0.15, 0.2) is 76.2 Å². The molecule has 0 aliphatic rings. The molecule has 0 bridgehead atoms. The Kier molecular flexibility index (Phi) is 6.71. The van der Waals surface area contributed by atoms with E-state index in [9.17, 15) is 22.4 Å². The second-order valence-electron chi connectivity index (χ2n) is 6.50. The van der Waals surface area contributed by atoms with Crippen LogP contribution < -0.4 is 15.6 Å². The lowest BCUT2D eigenvalue weighted by Crippen LogP contribution is -2.47. The first kappa shape index (κ1) is 22.0. The summed E-state index contributed by atoms with van der Waals surface area (Å²) in [7, 11) is -3.70. The Morgan fingerprint density at radius 2 is 1.71 bits per heavy atom. The van der Waals surface area contributed by atoms with Gasteiger partial charge in [0.25, 0.3) is 5.91 Å². The van der Waals surface area contributed by atoms with Crippen LogP contribution >= 0.6 is 0 Å². The summed E-state index contributed by atoms with van der Waals surface area (Å²) < 4.78 is 48.5. The Morgan fingerprint density at radius 3 is 2.39 bits per heavy atom. The molecule has 10 heteroatoms. The number of benzene rings is 2. The van der Waals surface area contributed by atoms with Gasteiger partial charge >= 0.3 is 5.91 Å². The van der Waals surface area contributed by atoms with Crippen LogP contribution in [0.25, 0.3) is 0 Å². The van der Waals surface area contributed by atoms with Gasteiger partial charge in [-0.05, 0) is 49.4 Å². The molecule has 8 nitrogen and oxygen atoms in total. The van der Waals surface area contributed by atoms with E-state index in [1.165, 1.54) is 55.7 Å². The van der Waals surface area contributed by atoms with E-state index >= 15 is 0 Å². The Bertz CT molecular complexity index is 1160. The molecular formula is C21H19FN2O6S. The van der Waals surface area contributed by atoms with Crippen LogP contribution in [0.2, 0.25) is 0 Å². The summed E-state index contributed by atoms with van der Waals surface area (Å²) >= 11 is 0. The maximum absolute atomic E-state index is 12.9. The molecule has 2 N–H and O–H groups in total. The zero-order valence-corrected chi connectivity index (χ0v) is 17.2. The molecule has 0 aliphatic carbocycles. The van der Waals surface area contributed by atoms with Crippen molar-refractivity contribution in [3.63, 3.8) is 0 Å². The molecule has 31 heavy (non-hydrogen) atoms. The highest BCUT2D eigenvalue weighted by Crippen LogP contribution is 2.20. The number of furan rings is 1. The third kappa shape index (κ3) is 5.70. The fourth-order valence-electron chi connectivity index (χ4n) is 2.61. The van der Waals surface area contributed by atoms with Crippen LogP contribution in [0.5, 0.6) is 5.75 Å². The number of sulfone groups is 1. The molecule has 1 unspecified atom stereocenters. The maximum atomic E-state index is 12.9. The Balaban J connectivity index is 1.59. The van der Waals surface area contributed by atoms with Gasteiger partial charge in [0.1, 0.15) is 11.6 Å². The predicted molar refractivity (Wildman–Crippen MR) is 108 cm³/mol. The maximum Gasteiger partial charge on any atom is 0.305 e. The molecule has 1 heterocycles. The number of hydrazine groups is 1. The number of nitrogens with one attached hydrogen (secondary N) is 2. The van der Waals surface area contributed by atoms with E-state index in [0.29, 0.717) is 0 Å². The quantitative estimate of drug-likeness (QED) is 0.539. The van der Waals surface area contributed by atoms with Gasteiger partial charge in [0.2, 0.25) is 0 Å². The number of halogens is 1. The van der Waals surface area contributed by atoms with Crippen molar-refractivity contribution in [2.75, 3.05) is 0 Å². The summed E-state index contributed by atoms with van der Waals surface area (Å²) in [6.45, 7) is 1.44. The molecule has 0 aliphatic heterocycles. The van der Waals surface area contributed by atoms with E-state index in [1.807, 2.05) is 0 Å². The molecule has 0 saturated heterocycles. The molecule has 0 spiro atoms. The molecular weight excluding hydrogens is 427 g/mol. The number of hydrogen-bond acceptors (Lipinski definition) is 6. The third-order valence-corrected chi connectivity index (χ3v) is 5.88. The normalized spacial score (nSPS) is 12.1. The molecule has 0 radical (unpaired) electrons. The van der Waals surface area contributed by atoms with Gasteiger partial charge < -0.3 is 9.15 Å². The summed E-state index contributed by atoms with van der Waals surface area (Å²) in [5.41, 5.74) is 4.48. The van der Waals surface area contributed by atoms with Gasteiger partial charge in [0, 0.05) is 5.56 Å². The van der Waals surface area contributed by atoms with E-state index in [-0.39, 0.29) is 22.0 Å². The Morgan fingerprint density at radius 1 is 1.03 bits per heavy atom. The van der Waals surface area contributed by atoms with E-state index in [2.05, 4.69) is 10.9 Å². The zero-order chi connectivity index (χ0) is 22.4. The highest BCUT2D eigenvalue weighted by atomic mass is 32.2. The predicted octanol–water partition coefficient (Wildman–Crippen LogP) is 2.62. The van der Waals surface area contributed by atoms with Crippen molar-refractivity contribution in [1.82, 2.24) is 10.9 Å². The summed E-state index contributed by atoms with van der Waals surface area (Å²) in [6.07, 6.45) is 0.188. The number of carbonyl (C=O) groups excluding carboxylic acids is 2. The Hall–Kier alpha value is -3.66. The molecule has 1 atom stereocenters. The number of carbonyl (C=O) groups is 2. The summed E-state index contributed by atoms with van der Waals surface area (Å²) in [5, 5.41) is 0. The van der Waals surface area contributed by atoms with Crippen LogP contribution in [0.1, 0.15) is 23.0 Å². The minimum atomic E-state index is -3.70. The molecule has 0 fully saturated rings. The van der Waals surface area contributed by atoms with Crippen molar-refractivity contribution in [2.24, 2.45) is 0 Å². The first-order valence-electron chi connectivity index (χ1n) is 9.13. The summed E-state index contributed by atoms with van der Waals surface area (Å²) in [5.74, 6) is -2.37. The number of ether oxygens (including phenoxy) is 1. The number of rotatable bonds is 7. The van der Waals surface area contributed by atoms with Crippen LogP contribution in [0.4, 0.5) is 4.39 Å². The van der Waals surface area contributed by atoms with Gasteiger partial charge in [-0.1, -0.05) is 18.2 Å². The van der Waals surface area contributed by atoms with Crippen molar-refractivity contribution >= 4 is 21.7 Å². The number of amides is 2. The lowest BCUT2D eigenvalue weighted by Gasteiger charge is -2.15. The first-order valence-corrected chi connectivity index (χ1v) is 10.8. The van der Waals surface area contributed by atoms with Crippen molar-refractivity contribution in [2.45, 2.75) is 23.7 Å². The second kappa shape index (κ2) is 9.43. The monoisotopic (exact) mass is 446 g/mol. The fraction of sp³-hybridized carbons (Fsp3) is 0.143. The molecule has 162 valence electrons. The molecule has 2 aromatic carbocycles. The minimum Gasteiger partial charge on any atom is -0.481 e. The summed E-state index contributed by atoms with van der Waals surface area (Å²) in [4.78, 5) is 24.6. The topological polar surface area (TPSA) is 115 Å². The molecule has 1 aromatic heterocycles. The van der Waals surface area contributed by atoms with E-state index in [1.54, 1.807) is 18.2 Å². The highest BCUT2D eigenvalue weighted by molar-refractivity contribution is 7.90. The van der Waals surface area contributed by atoms with Crippen LogP contribution in [-0.2, 0) is 20.4 Å². The van der Waals surface area contributed by atoms with E-state index < -0.39 is 39.3 Å². The average Bonchev–Trinajstić information content (AvgIpc) is 3.21. The molecule has 3 aromatic rings. The second-order valence-corrected chi connectivity index (χ2v) is 8.49. The summed E-state index contributed by atoms with van der Waals surface area (Å²) in [6, 6.07) is 14.3. The van der Waals surface area contributed by atoms with Gasteiger partial charge in [-0.25, -0.2) is 12.8 Å². The van der Waals surface area contributed by atoms with Crippen molar-refractivity contribution in [3.8, 4) is 5.75 Å². The Labute approximate surface area is 177 Å². The van der Waals surface area contributed by atoms with Crippen molar-refractivity contribution in [1.29, 1.82) is 0 Å². The third-order valence-electron chi connectivity index (χ3n) is 4.20. The zero-order valence-electron chi connectivity index (χ0n) is 16.4. The standard InChI is InChI=1S/C21H19FN2O6S/c1-14(30-17-9-7-16(22)8-10-17)20(25)23-24-21(26)19-15(11-12-29-19)13-31(27,28)18-5-3-2-4-6-18/h2-12,14H,13H2,1H3,(H,23,25)(H,24,26). The smallest absolute Gasteiger partial charge is 0.305 e. The SMILES string of the molecule is CC(Oc1ccc(F)cc1)C(=O)NNC(=O)c1occc1CS(=O)(=O)c1ccccc1. The van der Waals surface area contributed by atoms with E-state index in [4.69, 9.17) is 9.15 Å². The van der Waals surface area contributed by atoms with Gasteiger partial charge in [0.15, 0.2) is 21.7 Å². The van der Waals surface area contributed by atoms with Crippen LogP contribution in [-0.4, -0.2) is 26.3 Å². The fourth-order valence-corrected chi connectivity index (χ4v) is 3.99. The van der Waals surface area contributed by atoms with Gasteiger partial charge in [-0.15, -0.1) is 0 Å². The van der Waals surface area contributed by atoms with Crippen molar-refractivity contribution < 1.29 is 31.6 Å².